The number of rotatable bonds is 4. The Balaban J connectivity index is 2.42. The van der Waals surface area contributed by atoms with E-state index in [1.54, 1.807) is 6.07 Å². The van der Waals surface area contributed by atoms with Gasteiger partial charge in [0.05, 0.1) is 19.6 Å². The number of aromatic nitrogens is 1. The number of alkyl halides is 3. The summed E-state index contributed by atoms with van der Waals surface area (Å²) >= 11 is 0. The minimum atomic E-state index is -4.74. The molecule has 0 aliphatic carbocycles. The van der Waals surface area contributed by atoms with E-state index in [0.717, 1.165) is 0 Å². The van der Waals surface area contributed by atoms with Crippen LogP contribution in [-0.2, 0) is 6.42 Å². The fourth-order valence-corrected chi connectivity index (χ4v) is 2.00. The van der Waals surface area contributed by atoms with Gasteiger partial charge in [0, 0.05) is 11.8 Å². The van der Waals surface area contributed by atoms with E-state index in [-0.39, 0.29) is 12.2 Å². The number of halogens is 3. The molecule has 7 heteroatoms. The Kier molecular flexibility index (Phi) is 4.51. The SMILES string of the molecule is COc1nccc(CC#N)c1-c1ccc(OC(F)(F)F)cc1. The zero-order chi connectivity index (χ0) is 16.2. The van der Waals surface area contributed by atoms with E-state index in [1.165, 1.54) is 37.6 Å². The third kappa shape index (κ3) is 3.67. The molecule has 22 heavy (non-hydrogen) atoms. The molecule has 1 aromatic heterocycles. The Bertz CT molecular complexity index is 691. The lowest BCUT2D eigenvalue weighted by Gasteiger charge is -2.13. The molecule has 4 nitrogen and oxygen atoms in total. The Hall–Kier alpha value is -2.75. The van der Waals surface area contributed by atoms with Crippen molar-refractivity contribution in [2.75, 3.05) is 7.11 Å². The molecule has 1 aromatic carbocycles. The first kappa shape index (κ1) is 15.6. The number of benzene rings is 1. The second kappa shape index (κ2) is 6.35. The van der Waals surface area contributed by atoms with E-state index in [2.05, 4.69) is 9.72 Å². The first-order valence-corrected chi connectivity index (χ1v) is 6.19. The van der Waals surface area contributed by atoms with Gasteiger partial charge in [-0.25, -0.2) is 4.98 Å². The van der Waals surface area contributed by atoms with Gasteiger partial charge in [-0.15, -0.1) is 13.2 Å². The molecule has 0 saturated heterocycles. The lowest BCUT2D eigenvalue weighted by molar-refractivity contribution is -0.274. The Morgan fingerprint density at radius 3 is 2.41 bits per heavy atom. The van der Waals surface area contributed by atoms with Gasteiger partial charge < -0.3 is 9.47 Å². The van der Waals surface area contributed by atoms with Crippen LogP contribution >= 0.6 is 0 Å². The molecule has 114 valence electrons. The lowest BCUT2D eigenvalue weighted by Crippen LogP contribution is -2.16. The molecule has 2 rings (SSSR count). The maximum atomic E-state index is 12.2. The van der Waals surface area contributed by atoms with Crippen molar-refractivity contribution in [2.24, 2.45) is 0 Å². The Morgan fingerprint density at radius 2 is 1.86 bits per heavy atom. The summed E-state index contributed by atoms with van der Waals surface area (Å²) in [6.07, 6.45) is -3.09. The normalized spacial score (nSPS) is 10.9. The van der Waals surface area contributed by atoms with Crippen molar-refractivity contribution >= 4 is 0 Å². The molecule has 2 aromatic rings. The third-order valence-corrected chi connectivity index (χ3v) is 2.84. The zero-order valence-corrected chi connectivity index (χ0v) is 11.5. The van der Waals surface area contributed by atoms with Crippen LogP contribution in [0.2, 0.25) is 0 Å². The van der Waals surface area contributed by atoms with E-state index < -0.39 is 6.36 Å². The summed E-state index contributed by atoms with van der Waals surface area (Å²) < 4.78 is 45.5. The van der Waals surface area contributed by atoms with Gasteiger partial charge in [0.2, 0.25) is 5.88 Å². The third-order valence-electron chi connectivity index (χ3n) is 2.84. The molecule has 0 fully saturated rings. The van der Waals surface area contributed by atoms with Crippen LogP contribution in [0.25, 0.3) is 11.1 Å². The first-order chi connectivity index (χ1) is 10.4. The molecule has 0 radical (unpaired) electrons. The van der Waals surface area contributed by atoms with Gasteiger partial charge in [-0.1, -0.05) is 12.1 Å². The van der Waals surface area contributed by atoms with Crippen molar-refractivity contribution in [3.8, 4) is 28.8 Å². The highest BCUT2D eigenvalue weighted by atomic mass is 19.4. The van der Waals surface area contributed by atoms with Crippen molar-refractivity contribution in [3.63, 3.8) is 0 Å². The van der Waals surface area contributed by atoms with Crippen molar-refractivity contribution in [1.29, 1.82) is 5.26 Å². The van der Waals surface area contributed by atoms with Gasteiger partial charge in [-0.3, -0.25) is 0 Å². The van der Waals surface area contributed by atoms with Crippen LogP contribution in [0.5, 0.6) is 11.6 Å². The van der Waals surface area contributed by atoms with Crippen LogP contribution in [0.1, 0.15) is 5.56 Å². The summed E-state index contributed by atoms with van der Waals surface area (Å²) in [6, 6.07) is 9.02. The van der Waals surface area contributed by atoms with Gasteiger partial charge in [0.25, 0.3) is 0 Å². The maximum Gasteiger partial charge on any atom is 0.573 e. The van der Waals surface area contributed by atoms with Crippen LogP contribution < -0.4 is 9.47 Å². The highest BCUT2D eigenvalue weighted by Crippen LogP contribution is 2.33. The van der Waals surface area contributed by atoms with Crippen LogP contribution in [0.4, 0.5) is 13.2 Å². The Labute approximate surface area is 124 Å². The van der Waals surface area contributed by atoms with Crippen molar-refractivity contribution in [1.82, 2.24) is 4.98 Å². The van der Waals surface area contributed by atoms with E-state index >= 15 is 0 Å². The molecular formula is C15H11F3N2O2. The van der Waals surface area contributed by atoms with E-state index in [0.29, 0.717) is 22.6 Å². The van der Waals surface area contributed by atoms with Gasteiger partial charge in [0.1, 0.15) is 5.75 Å². The van der Waals surface area contributed by atoms with Crippen LogP contribution in [0.3, 0.4) is 0 Å². The zero-order valence-electron chi connectivity index (χ0n) is 11.5. The fraction of sp³-hybridized carbons (Fsp3) is 0.200. The van der Waals surface area contributed by atoms with Gasteiger partial charge >= 0.3 is 6.36 Å². The summed E-state index contributed by atoms with van der Waals surface area (Å²) in [5, 5.41) is 8.87. The quantitative estimate of drug-likeness (QED) is 0.863. The number of pyridine rings is 1. The summed E-state index contributed by atoms with van der Waals surface area (Å²) in [7, 11) is 1.43. The molecular weight excluding hydrogens is 297 g/mol. The molecule has 0 aliphatic rings. The largest absolute Gasteiger partial charge is 0.573 e. The number of nitriles is 1. The average Bonchev–Trinajstić information content (AvgIpc) is 2.47. The highest BCUT2D eigenvalue weighted by molar-refractivity contribution is 5.73. The molecule has 0 saturated carbocycles. The van der Waals surface area contributed by atoms with Crippen molar-refractivity contribution < 1.29 is 22.6 Å². The van der Waals surface area contributed by atoms with Gasteiger partial charge in [-0.05, 0) is 29.3 Å². The van der Waals surface area contributed by atoms with E-state index in [1.807, 2.05) is 6.07 Å². The summed E-state index contributed by atoms with van der Waals surface area (Å²) in [4.78, 5) is 4.06. The lowest BCUT2D eigenvalue weighted by atomic mass is 9.99. The minimum Gasteiger partial charge on any atom is -0.481 e. The van der Waals surface area contributed by atoms with Crippen LogP contribution in [0.15, 0.2) is 36.5 Å². The topological polar surface area (TPSA) is 55.1 Å². The number of nitrogens with zero attached hydrogens (tertiary/aromatic N) is 2. The molecule has 1 heterocycles. The van der Waals surface area contributed by atoms with E-state index in [9.17, 15) is 13.2 Å². The predicted octanol–water partition coefficient (Wildman–Crippen LogP) is 3.72. The standard InChI is InChI=1S/C15H11F3N2O2/c1-21-14-13(11(6-8-19)7-9-20-14)10-2-4-12(5-3-10)22-15(16,17)18/h2-5,7,9H,6H2,1H3. The minimum absolute atomic E-state index is 0.134. The van der Waals surface area contributed by atoms with Crippen LogP contribution in [0, 0.1) is 11.3 Å². The van der Waals surface area contributed by atoms with Crippen LogP contribution in [-0.4, -0.2) is 18.5 Å². The number of hydrogen-bond acceptors (Lipinski definition) is 4. The van der Waals surface area contributed by atoms with Gasteiger partial charge in [-0.2, -0.15) is 5.26 Å². The first-order valence-electron chi connectivity index (χ1n) is 6.19. The molecule has 0 aliphatic heterocycles. The second-order valence-electron chi connectivity index (χ2n) is 4.26. The molecule has 0 N–H and O–H groups in total. The van der Waals surface area contributed by atoms with E-state index in [4.69, 9.17) is 10.00 Å². The second-order valence-corrected chi connectivity index (χ2v) is 4.26. The summed E-state index contributed by atoms with van der Waals surface area (Å²) in [6.45, 7) is 0. The molecule has 0 atom stereocenters. The Morgan fingerprint density at radius 1 is 1.18 bits per heavy atom. The molecule has 0 amide bonds. The highest BCUT2D eigenvalue weighted by Gasteiger charge is 2.31. The van der Waals surface area contributed by atoms with Crippen molar-refractivity contribution in [3.05, 3.63) is 42.1 Å². The van der Waals surface area contributed by atoms with Gasteiger partial charge in [0.15, 0.2) is 0 Å². The average molecular weight is 308 g/mol. The number of hydrogen-bond donors (Lipinski definition) is 0. The molecule has 0 bridgehead atoms. The maximum absolute atomic E-state index is 12.2. The number of ether oxygens (including phenoxy) is 2. The fourth-order valence-electron chi connectivity index (χ4n) is 2.00. The molecule has 0 spiro atoms. The summed E-state index contributed by atoms with van der Waals surface area (Å²) in [5.41, 5.74) is 1.84. The summed E-state index contributed by atoms with van der Waals surface area (Å²) in [5.74, 6) is -0.0156. The smallest absolute Gasteiger partial charge is 0.481 e. The molecule has 0 unspecified atom stereocenters. The van der Waals surface area contributed by atoms with Crippen molar-refractivity contribution in [2.45, 2.75) is 12.8 Å². The number of methoxy groups -OCH3 is 1. The monoisotopic (exact) mass is 308 g/mol. The predicted molar refractivity (Wildman–Crippen MR) is 72.2 cm³/mol.